The summed E-state index contributed by atoms with van der Waals surface area (Å²) in [7, 11) is 0. The van der Waals surface area contributed by atoms with Crippen LogP contribution in [0.2, 0.25) is 0 Å². The highest BCUT2D eigenvalue weighted by Crippen LogP contribution is 2.21. The molecular weight excluding hydrogens is 462 g/mol. The average molecular weight is 500 g/mol. The van der Waals surface area contributed by atoms with Gasteiger partial charge in [0.05, 0.1) is 19.3 Å². The number of carboxylic acid groups (broad SMARTS) is 2. The van der Waals surface area contributed by atoms with Crippen molar-refractivity contribution in [2.24, 2.45) is 11.8 Å². The number of hydrogen-bond donors (Lipinski definition) is 2. The zero-order chi connectivity index (χ0) is 26.1. The molecule has 1 aromatic carbocycles. The third kappa shape index (κ3) is 8.76. The van der Waals surface area contributed by atoms with Crippen molar-refractivity contribution in [3.8, 4) is 0 Å². The number of carbonyl (C=O) groups excluding carboxylic acids is 1. The predicted octanol–water partition coefficient (Wildman–Crippen LogP) is 1.71. The van der Waals surface area contributed by atoms with Gasteiger partial charge in [0.15, 0.2) is 0 Å². The van der Waals surface area contributed by atoms with Gasteiger partial charge in [0, 0.05) is 57.6 Å². The van der Waals surface area contributed by atoms with E-state index in [2.05, 4.69) is 64.1 Å². The molecule has 3 heterocycles. The molecule has 0 bridgehead atoms. The number of carboxylic acids is 2. The Kier molecular flexibility index (Phi) is 10.0. The summed E-state index contributed by atoms with van der Waals surface area (Å²) in [5.74, 6) is -2.09. The molecule has 1 aromatic heterocycles. The zero-order valence-electron chi connectivity index (χ0n) is 21.1. The SMILES string of the molecule is CC1CC(C)CN(C(=O)CN2CCN(Cc3cnn(Cc4ccccc4)c3)CC2)C1.O=C(O)C(=O)O. The van der Waals surface area contributed by atoms with Crippen molar-refractivity contribution in [3.63, 3.8) is 0 Å². The molecule has 2 unspecified atom stereocenters. The molecule has 2 saturated heterocycles. The molecule has 2 fully saturated rings. The van der Waals surface area contributed by atoms with Gasteiger partial charge in [-0.1, -0.05) is 44.2 Å². The summed E-state index contributed by atoms with van der Waals surface area (Å²) < 4.78 is 2.01. The molecule has 2 aliphatic rings. The number of piperidine rings is 1. The van der Waals surface area contributed by atoms with Crippen LogP contribution in [0.3, 0.4) is 0 Å². The highest BCUT2D eigenvalue weighted by Gasteiger charge is 2.27. The highest BCUT2D eigenvalue weighted by atomic mass is 16.4. The molecular formula is C26H37N5O5. The van der Waals surface area contributed by atoms with Crippen LogP contribution in [0.4, 0.5) is 0 Å². The molecule has 0 saturated carbocycles. The van der Waals surface area contributed by atoms with E-state index in [1.165, 1.54) is 17.5 Å². The van der Waals surface area contributed by atoms with Gasteiger partial charge in [0.2, 0.25) is 5.91 Å². The van der Waals surface area contributed by atoms with E-state index in [9.17, 15) is 4.79 Å². The van der Waals surface area contributed by atoms with Crippen LogP contribution in [0.25, 0.3) is 0 Å². The molecule has 10 nitrogen and oxygen atoms in total. The fourth-order valence-corrected chi connectivity index (χ4v) is 4.87. The number of benzene rings is 1. The molecule has 2 atom stereocenters. The van der Waals surface area contributed by atoms with E-state index in [1.54, 1.807) is 0 Å². The molecule has 10 heteroatoms. The second kappa shape index (κ2) is 13.2. The lowest BCUT2D eigenvalue weighted by Crippen LogP contribution is -2.51. The van der Waals surface area contributed by atoms with E-state index in [4.69, 9.17) is 19.8 Å². The number of rotatable bonds is 6. The second-order valence-corrected chi connectivity index (χ2v) is 9.94. The largest absolute Gasteiger partial charge is 0.473 e. The number of nitrogens with zero attached hydrogens (tertiary/aromatic N) is 5. The Morgan fingerprint density at radius 2 is 1.44 bits per heavy atom. The number of hydrogen-bond acceptors (Lipinski definition) is 6. The standard InChI is InChI=1S/C24H35N5O.C2H2O4/c1-20-12-21(2)15-28(14-20)24(30)19-27-10-8-26(9-11-27)16-23-13-25-29(18-23)17-22-6-4-3-5-7-22;3-1(4)2(5)6/h3-7,13,18,20-21H,8-12,14-17,19H2,1-2H3;(H,3,4)(H,5,6). The second-order valence-electron chi connectivity index (χ2n) is 9.94. The van der Waals surface area contributed by atoms with E-state index < -0.39 is 11.9 Å². The number of amides is 1. The summed E-state index contributed by atoms with van der Waals surface area (Å²) in [6.07, 6.45) is 5.38. The zero-order valence-corrected chi connectivity index (χ0v) is 21.1. The average Bonchev–Trinajstić information content (AvgIpc) is 3.27. The summed E-state index contributed by atoms with van der Waals surface area (Å²) in [6, 6.07) is 10.4. The molecule has 196 valence electrons. The van der Waals surface area contributed by atoms with Crippen molar-refractivity contribution in [1.82, 2.24) is 24.5 Å². The summed E-state index contributed by atoms with van der Waals surface area (Å²) in [5, 5.41) is 19.3. The van der Waals surface area contributed by atoms with Gasteiger partial charge in [-0.25, -0.2) is 9.59 Å². The van der Waals surface area contributed by atoms with Crippen molar-refractivity contribution < 1.29 is 24.6 Å². The lowest BCUT2D eigenvalue weighted by Gasteiger charge is -2.38. The predicted molar refractivity (Wildman–Crippen MR) is 134 cm³/mol. The normalized spacial score (nSPS) is 20.9. The van der Waals surface area contributed by atoms with Crippen LogP contribution >= 0.6 is 0 Å². The van der Waals surface area contributed by atoms with Crippen LogP contribution in [0.5, 0.6) is 0 Å². The van der Waals surface area contributed by atoms with Gasteiger partial charge >= 0.3 is 11.9 Å². The number of carbonyl (C=O) groups is 3. The van der Waals surface area contributed by atoms with Gasteiger partial charge < -0.3 is 15.1 Å². The van der Waals surface area contributed by atoms with Crippen molar-refractivity contribution in [2.45, 2.75) is 33.4 Å². The molecule has 0 aliphatic carbocycles. The quantitative estimate of drug-likeness (QED) is 0.577. The van der Waals surface area contributed by atoms with Crippen LogP contribution in [0, 0.1) is 11.8 Å². The summed E-state index contributed by atoms with van der Waals surface area (Å²) >= 11 is 0. The summed E-state index contributed by atoms with van der Waals surface area (Å²) in [5.41, 5.74) is 2.52. The van der Waals surface area contributed by atoms with Crippen molar-refractivity contribution >= 4 is 17.8 Å². The molecule has 0 spiro atoms. The number of likely N-dealkylation sites (tertiary alicyclic amines) is 1. The third-order valence-electron chi connectivity index (χ3n) is 6.51. The molecule has 2 aromatic rings. The number of aliphatic carboxylic acids is 2. The van der Waals surface area contributed by atoms with Crippen molar-refractivity contribution in [1.29, 1.82) is 0 Å². The lowest BCUT2D eigenvalue weighted by atomic mass is 9.92. The minimum Gasteiger partial charge on any atom is -0.473 e. The molecule has 1 amide bonds. The Bertz CT molecular complexity index is 981. The van der Waals surface area contributed by atoms with Gasteiger partial charge in [-0.15, -0.1) is 0 Å². The third-order valence-corrected chi connectivity index (χ3v) is 6.51. The fraction of sp³-hybridized carbons (Fsp3) is 0.538. The first-order valence-electron chi connectivity index (χ1n) is 12.4. The highest BCUT2D eigenvalue weighted by molar-refractivity contribution is 6.27. The Balaban J connectivity index is 0.000000538. The van der Waals surface area contributed by atoms with Crippen LogP contribution in [-0.2, 0) is 27.5 Å². The number of piperazine rings is 1. The van der Waals surface area contributed by atoms with E-state index >= 15 is 0 Å². The van der Waals surface area contributed by atoms with Crippen LogP contribution in [0.1, 0.15) is 31.4 Å². The van der Waals surface area contributed by atoms with Gasteiger partial charge in [-0.05, 0) is 23.8 Å². The summed E-state index contributed by atoms with van der Waals surface area (Å²) in [4.78, 5) is 37.8. The Morgan fingerprint density at radius 3 is 2.03 bits per heavy atom. The molecule has 2 aliphatic heterocycles. The first kappa shape index (κ1) is 27.3. The first-order chi connectivity index (χ1) is 17.2. The minimum absolute atomic E-state index is 0.309. The van der Waals surface area contributed by atoms with Gasteiger partial charge in [0.1, 0.15) is 0 Å². The Morgan fingerprint density at radius 1 is 0.861 bits per heavy atom. The molecule has 2 N–H and O–H groups in total. The van der Waals surface area contributed by atoms with Gasteiger partial charge in [-0.3, -0.25) is 19.3 Å². The monoisotopic (exact) mass is 499 g/mol. The van der Waals surface area contributed by atoms with E-state index in [0.29, 0.717) is 24.3 Å². The maximum absolute atomic E-state index is 12.7. The van der Waals surface area contributed by atoms with Crippen molar-refractivity contribution in [2.75, 3.05) is 45.8 Å². The maximum Gasteiger partial charge on any atom is 0.414 e. The number of aromatic nitrogens is 2. The maximum atomic E-state index is 12.7. The van der Waals surface area contributed by atoms with Crippen LogP contribution in [0.15, 0.2) is 42.7 Å². The molecule has 4 rings (SSSR count). The minimum atomic E-state index is -1.82. The van der Waals surface area contributed by atoms with E-state index in [-0.39, 0.29) is 0 Å². The van der Waals surface area contributed by atoms with Gasteiger partial charge in [0.25, 0.3) is 0 Å². The van der Waals surface area contributed by atoms with E-state index in [0.717, 1.165) is 52.4 Å². The van der Waals surface area contributed by atoms with Gasteiger partial charge in [-0.2, -0.15) is 5.10 Å². The molecule has 36 heavy (non-hydrogen) atoms. The molecule has 0 radical (unpaired) electrons. The Hall–Kier alpha value is -3.24. The lowest BCUT2D eigenvalue weighted by molar-refractivity contribution is -0.159. The fourth-order valence-electron chi connectivity index (χ4n) is 4.87. The smallest absolute Gasteiger partial charge is 0.414 e. The van der Waals surface area contributed by atoms with E-state index in [1.807, 2.05) is 16.9 Å². The first-order valence-corrected chi connectivity index (χ1v) is 12.4. The van der Waals surface area contributed by atoms with Crippen molar-refractivity contribution in [3.05, 3.63) is 53.9 Å². The topological polar surface area (TPSA) is 119 Å². The van der Waals surface area contributed by atoms with Crippen LogP contribution in [-0.4, -0.2) is 98.4 Å². The Labute approximate surface area is 212 Å². The van der Waals surface area contributed by atoms with Crippen LogP contribution < -0.4 is 0 Å². The summed E-state index contributed by atoms with van der Waals surface area (Å²) in [6.45, 7) is 12.6.